The Balaban J connectivity index is 1.17. The number of nitrogens with two attached hydrogens (primary N) is 2. The Morgan fingerprint density at radius 1 is 0.600 bits per heavy atom. The van der Waals surface area contributed by atoms with Gasteiger partial charge in [-0.2, -0.15) is 23.8 Å². The maximum Gasteiger partial charge on any atom is 0.339 e. The maximum atomic E-state index is 11.8. The highest BCUT2D eigenvalue weighted by Crippen LogP contribution is 2.40. The molecule has 14 nitrogen and oxygen atoms in total. The van der Waals surface area contributed by atoms with Gasteiger partial charge < -0.3 is 21.7 Å². The monoisotopic (exact) mass is 686 g/mol. The van der Waals surface area contributed by atoms with Crippen LogP contribution in [-0.2, 0) is 10.1 Å². The number of carboxylic acids is 1. The topological polar surface area (TPSA) is 238 Å². The first-order valence-corrected chi connectivity index (χ1v) is 16.1. The first-order valence-electron chi connectivity index (χ1n) is 14.7. The zero-order chi connectivity index (χ0) is 35.4. The Kier molecular flexibility index (Phi) is 9.07. The number of anilines is 2. The van der Waals surface area contributed by atoms with E-state index in [4.69, 9.17) is 16.6 Å². The summed E-state index contributed by atoms with van der Waals surface area (Å²) in [6.07, 6.45) is 0. The second-order valence-corrected chi connectivity index (χ2v) is 12.1. The molecule has 248 valence electrons. The number of carbonyl (C=O) groups is 1. The first-order chi connectivity index (χ1) is 24.0. The lowest BCUT2D eigenvalue weighted by atomic mass is 10.1. The molecule has 15 heteroatoms. The van der Waals surface area contributed by atoms with Gasteiger partial charge in [0, 0.05) is 10.8 Å². The van der Waals surface area contributed by atoms with Crippen molar-refractivity contribution in [3.63, 3.8) is 0 Å². The predicted molar refractivity (Wildman–Crippen MR) is 189 cm³/mol. The number of nitrogens with zero attached hydrogens (tertiary/aromatic N) is 6. The van der Waals surface area contributed by atoms with E-state index < -0.39 is 16.1 Å². The zero-order valence-electron chi connectivity index (χ0n) is 25.8. The second kappa shape index (κ2) is 13.7. The Morgan fingerprint density at radius 2 is 1.14 bits per heavy atom. The minimum absolute atomic E-state index is 0.137. The number of nitrogen functional groups attached to an aromatic ring is 2. The van der Waals surface area contributed by atoms with Crippen LogP contribution in [0.15, 0.2) is 151 Å². The van der Waals surface area contributed by atoms with E-state index in [2.05, 4.69) is 30.7 Å². The molecule has 50 heavy (non-hydrogen) atoms. The van der Waals surface area contributed by atoms with Crippen LogP contribution in [0.4, 0.5) is 45.5 Å². The number of hydrogen-bond donors (Lipinski definition) is 5. The molecule has 0 unspecified atom stereocenters. The van der Waals surface area contributed by atoms with Crippen LogP contribution in [0.3, 0.4) is 0 Å². The lowest BCUT2D eigenvalue weighted by Crippen LogP contribution is -1.98. The van der Waals surface area contributed by atoms with E-state index in [9.17, 15) is 22.9 Å². The summed E-state index contributed by atoms with van der Waals surface area (Å²) < 4.78 is 33.3. The summed E-state index contributed by atoms with van der Waals surface area (Å²) in [6, 6.07) is 30.9. The van der Waals surface area contributed by atoms with Gasteiger partial charge in [-0.1, -0.05) is 48.5 Å². The molecule has 6 aromatic carbocycles. The van der Waals surface area contributed by atoms with Gasteiger partial charge in [0.15, 0.2) is 0 Å². The summed E-state index contributed by atoms with van der Waals surface area (Å²) in [6.45, 7) is 0. The average molecular weight is 687 g/mol. The van der Waals surface area contributed by atoms with Crippen molar-refractivity contribution in [2.45, 2.75) is 4.90 Å². The van der Waals surface area contributed by atoms with Crippen LogP contribution >= 0.6 is 0 Å². The molecule has 0 aromatic heterocycles. The van der Waals surface area contributed by atoms with Crippen molar-refractivity contribution in [2.75, 3.05) is 11.5 Å². The highest BCUT2D eigenvalue weighted by Gasteiger charge is 2.16. The molecular weight excluding hydrogens is 661 g/mol. The second-order valence-electron chi connectivity index (χ2n) is 10.7. The van der Waals surface area contributed by atoms with E-state index in [1.807, 2.05) is 24.3 Å². The van der Waals surface area contributed by atoms with Crippen LogP contribution in [0, 0.1) is 0 Å². The summed E-state index contributed by atoms with van der Waals surface area (Å²) in [5.74, 6) is -1.62. The molecule has 6 aromatic rings. The number of carboxylic acid groups (broad SMARTS) is 1. The molecule has 0 bridgehead atoms. The number of benzene rings is 6. The van der Waals surface area contributed by atoms with Gasteiger partial charge in [-0.15, -0.1) is 15.3 Å². The molecule has 0 saturated carbocycles. The van der Waals surface area contributed by atoms with Crippen LogP contribution in [0.5, 0.6) is 5.75 Å². The molecule has 0 spiro atoms. The third kappa shape index (κ3) is 7.18. The molecule has 6 rings (SSSR count). The minimum Gasteiger partial charge on any atom is -0.507 e. The van der Waals surface area contributed by atoms with E-state index >= 15 is 0 Å². The normalized spacial score (nSPS) is 12.0. The summed E-state index contributed by atoms with van der Waals surface area (Å²) in [4.78, 5) is 11.0. The van der Waals surface area contributed by atoms with Crippen LogP contribution in [0.1, 0.15) is 10.4 Å². The summed E-state index contributed by atoms with van der Waals surface area (Å²) in [5, 5.41) is 44.9. The van der Waals surface area contributed by atoms with Crippen LogP contribution in [0.25, 0.3) is 21.9 Å². The fourth-order valence-corrected chi connectivity index (χ4v) is 5.61. The van der Waals surface area contributed by atoms with Gasteiger partial charge in [-0.3, -0.25) is 4.55 Å². The van der Waals surface area contributed by atoms with Crippen molar-refractivity contribution in [3.05, 3.63) is 121 Å². The van der Waals surface area contributed by atoms with Gasteiger partial charge in [-0.25, -0.2) is 4.79 Å². The largest absolute Gasteiger partial charge is 0.507 e. The third-order valence-corrected chi connectivity index (χ3v) is 8.37. The molecule has 0 heterocycles. The number of aromatic hydroxyl groups is 1. The highest BCUT2D eigenvalue weighted by atomic mass is 32.2. The number of aromatic carboxylic acids is 1. The van der Waals surface area contributed by atoms with Gasteiger partial charge in [0.05, 0.1) is 34.1 Å². The van der Waals surface area contributed by atoms with E-state index in [1.165, 1.54) is 30.3 Å². The Labute approximate surface area is 284 Å². The molecule has 0 amide bonds. The van der Waals surface area contributed by atoms with Crippen molar-refractivity contribution in [1.82, 2.24) is 0 Å². The quantitative estimate of drug-likeness (QED) is 0.0556. The van der Waals surface area contributed by atoms with Crippen molar-refractivity contribution in [3.8, 4) is 16.9 Å². The average Bonchev–Trinajstić information content (AvgIpc) is 3.10. The standard InChI is InChI=1S/C35H26N8O6S/c36-28-14-15-30(42-41-29-16-18-32(50(47,48)49)26-4-2-1-3-25(26)29)33(37)34(28)43-39-23-11-7-21(8-12-23)20-5-9-22(10-6-20)38-40-24-13-17-31(44)27(19-24)35(45)46/h1-19,44H,36-37H2,(H,45,46)(H,47,48,49). The number of rotatable bonds is 9. The van der Waals surface area contributed by atoms with Gasteiger partial charge in [0.2, 0.25) is 0 Å². The smallest absolute Gasteiger partial charge is 0.339 e. The molecular formula is C35H26N8O6S. The van der Waals surface area contributed by atoms with Gasteiger partial charge in [0.25, 0.3) is 10.1 Å². The molecule has 0 saturated heterocycles. The molecule has 0 aliphatic rings. The maximum absolute atomic E-state index is 11.8. The number of fused-ring (bicyclic) bond motifs is 1. The van der Waals surface area contributed by atoms with Crippen molar-refractivity contribution in [1.29, 1.82) is 0 Å². The number of azo groups is 3. The van der Waals surface area contributed by atoms with E-state index in [-0.39, 0.29) is 44.6 Å². The first kappa shape index (κ1) is 33.1. The van der Waals surface area contributed by atoms with Gasteiger partial charge in [-0.05, 0) is 77.9 Å². The predicted octanol–water partition coefficient (Wildman–Crippen LogP) is 9.57. The summed E-state index contributed by atoms with van der Waals surface area (Å²) in [7, 11) is -4.45. The van der Waals surface area contributed by atoms with Crippen molar-refractivity contribution >= 4 is 72.4 Å². The SMILES string of the molecule is Nc1ccc(N=Nc2ccc(S(=O)(=O)O)c3ccccc23)c(N)c1N=Nc1ccc(-c2ccc(N=Nc3ccc(O)c(C(=O)O)c3)cc2)cc1. The molecule has 0 aliphatic heterocycles. The summed E-state index contributed by atoms with van der Waals surface area (Å²) >= 11 is 0. The van der Waals surface area contributed by atoms with Crippen LogP contribution < -0.4 is 11.5 Å². The van der Waals surface area contributed by atoms with Gasteiger partial charge >= 0.3 is 5.97 Å². The number of hydrogen-bond acceptors (Lipinski definition) is 12. The Morgan fingerprint density at radius 3 is 1.76 bits per heavy atom. The minimum atomic E-state index is -4.45. The van der Waals surface area contributed by atoms with Crippen molar-refractivity contribution < 1.29 is 28.0 Å². The molecule has 7 N–H and O–H groups in total. The fourth-order valence-electron chi connectivity index (χ4n) is 4.91. The van der Waals surface area contributed by atoms with Crippen molar-refractivity contribution in [2.24, 2.45) is 30.7 Å². The van der Waals surface area contributed by atoms with E-state index in [0.717, 1.165) is 11.1 Å². The van der Waals surface area contributed by atoms with Gasteiger partial charge in [0.1, 0.15) is 27.6 Å². The van der Waals surface area contributed by atoms with E-state index in [0.29, 0.717) is 27.8 Å². The molecule has 0 aliphatic carbocycles. The fraction of sp³-hybridized carbons (Fsp3) is 0. The lowest BCUT2D eigenvalue weighted by Gasteiger charge is -2.07. The zero-order valence-corrected chi connectivity index (χ0v) is 26.6. The molecule has 0 radical (unpaired) electrons. The van der Waals surface area contributed by atoms with E-state index in [1.54, 1.807) is 60.7 Å². The van der Waals surface area contributed by atoms with Crippen LogP contribution in [-0.4, -0.2) is 29.2 Å². The Hall–Kier alpha value is -6.84. The Bertz CT molecular complexity index is 2470. The third-order valence-electron chi connectivity index (χ3n) is 7.45. The summed E-state index contributed by atoms with van der Waals surface area (Å²) in [5.41, 5.74) is 16.6. The van der Waals surface area contributed by atoms with Crippen LogP contribution in [0.2, 0.25) is 0 Å². The lowest BCUT2D eigenvalue weighted by molar-refractivity contribution is 0.0693. The molecule has 0 fully saturated rings. The highest BCUT2D eigenvalue weighted by molar-refractivity contribution is 7.86. The molecule has 0 atom stereocenters. The number of phenols is 1.